The number of esters is 1. The molecule has 0 aromatic heterocycles. The lowest BCUT2D eigenvalue weighted by Gasteiger charge is -2.27. The van der Waals surface area contributed by atoms with E-state index in [1.54, 1.807) is 43.3 Å². The molecule has 6 nitrogen and oxygen atoms in total. The van der Waals surface area contributed by atoms with Crippen LogP contribution in [-0.2, 0) is 20.7 Å². The predicted molar refractivity (Wildman–Crippen MR) is 103 cm³/mol. The van der Waals surface area contributed by atoms with Gasteiger partial charge in [-0.2, -0.15) is 0 Å². The number of rotatable bonds is 4. The van der Waals surface area contributed by atoms with Gasteiger partial charge >= 0.3 is 5.97 Å². The fraction of sp³-hybridized carbons (Fsp3) is 0.286. The number of fused-ring (bicyclic) bond motifs is 1. The van der Waals surface area contributed by atoms with E-state index in [0.29, 0.717) is 16.9 Å². The second-order valence-corrected chi connectivity index (χ2v) is 6.51. The summed E-state index contributed by atoms with van der Waals surface area (Å²) in [5.74, 6) is -1.07. The molecule has 2 aromatic carbocycles. The third-order valence-corrected chi connectivity index (χ3v) is 4.55. The highest BCUT2D eigenvalue weighted by Crippen LogP contribution is 2.31. The second kappa shape index (κ2) is 8.03. The number of nitrogens with one attached hydrogen (secondary N) is 1. The topological polar surface area (TPSA) is 75.7 Å². The van der Waals surface area contributed by atoms with Gasteiger partial charge in [0.25, 0.3) is 5.91 Å². The molecule has 0 fully saturated rings. The molecule has 27 heavy (non-hydrogen) atoms. The van der Waals surface area contributed by atoms with E-state index in [0.717, 1.165) is 12.0 Å². The quantitative estimate of drug-likeness (QED) is 0.844. The van der Waals surface area contributed by atoms with E-state index in [-0.39, 0.29) is 30.9 Å². The van der Waals surface area contributed by atoms with Crippen molar-refractivity contribution in [1.82, 2.24) is 0 Å². The van der Waals surface area contributed by atoms with Gasteiger partial charge < -0.3 is 15.0 Å². The maximum Gasteiger partial charge on any atom is 0.338 e. The molecular weight excluding hydrogens is 344 g/mol. The van der Waals surface area contributed by atoms with Crippen molar-refractivity contribution in [2.75, 3.05) is 16.8 Å². The van der Waals surface area contributed by atoms with Crippen molar-refractivity contribution in [2.45, 2.75) is 32.7 Å². The highest BCUT2D eigenvalue weighted by molar-refractivity contribution is 6.05. The summed E-state index contributed by atoms with van der Waals surface area (Å²) in [6, 6.07) is 13.9. The maximum atomic E-state index is 12.8. The fourth-order valence-electron chi connectivity index (χ4n) is 3.12. The van der Waals surface area contributed by atoms with Crippen LogP contribution >= 0.6 is 0 Å². The summed E-state index contributed by atoms with van der Waals surface area (Å²) < 4.78 is 5.21. The summed E-state index contributed by atoms with van der Waals surface area (Å²) in [6.45, 7) is 3.44. The van der Waals surface area contributed by atoms with Crippen LogP contribution < -0.4 is 10.2 Å². The van der Waals surface area contributed by atoms with Crippen molar-refractivity contribution in [3.8, 4) is 0 Å². The van der Waals surface area contributed by atoms with Gasteiger partial charge in [0, 0.05) is 12.5 Å². The lowest BCUT2D eigenvalue weighted by molar-refractivity contribution is -0.122. The van der Waals surface area contributed by atoms with Gasteiger partial charge in [-0.1, -0.05) is 31.2 Å². The number of ether oxygens (including phenoxy) is 1. The Labute approximate surface area is 158 Å². The van der Waals surface area contributed by atoms with Crippen molar-refractivity contribution in [3.63, 3.8) is 0 Å². The highest BCUT2D eigenvalue weighted by atomic mass is 16.5. The van der Waals surface area contributed by atoms with Gasteiger partial charge in [-0.15, -0.1) is 0 Å². The molecule has 2 amide bonds. The zero-order chi connectivity index (χ0) is 19.4. The van der Waals surface area contributed by atoms with Crippen molar-refractivity contribution >= 4 is 29.2 Å². The van der Waals surface area contributed by atoms with Crippen LogP contribution in [0.25, 0.3) is 0 Å². The Balaban J connectivity index is 1.72. The van der Waals surface area contributed by atoms with Gasteiger partial charge in [0.05, 0.1) is 16.9 Å². The van der Waals surface area contributed by atoms with Gasteiger partial charge in [-0.05, 0) is 43.2 Å². The maximum absolute atomic E-state index is 12.8. The molecule has 0 bridgehead atoms. The smallest absolute Gasteiger partial charge is 0.338 e. The number of nitrogens with zero attached hydrogens (tertiary/aromatic N) is 1. The molecule has 2 aromatic rings. The van der Waals surface area contributed by atoms with Crippen LogP contribution in [0, 0.1) is 0 Å². The molecule has 0 unspecified atom stereocenters. The molecule has 1 atom stereocenters. The normalized spacial score (nSPS) is 16.1. The molecule has 1 aliphatic rings. The number of hydrogen-bond donors (Lipinski definition) is 1. The zero-order valence-corrected chi connectivity index (χ0v) is 15.4. The van der Waals surface area contributed by atoms with Crippen LogP contribution in [0.3, 0.4) is 0 Å². The highest BCUT2D eigenvalue weighted by Gasteiger charge is 2.30. The van der Waals surface area contributed by atoms with Gasteiger partial charge in [0.15, 0.2) is 6.61 Å². The number of carbonyl (C=O) groups excluding carboxylic acids is 3. The minimum atomic E-state index is -0.545. The van der Waals surface area contributed by atoms with E-state index in [2.05, 4.69) is 5.32 Å². The monoisotopic (exact) mass is 366 g/mol. The van der Waals surface area contributed by atoms with Crippen LogP contribution in [0.1, 0.15) is 36.2 Å². The molecule has 0 aliphatic carbocycles. The van der Waals surface area contributed by atoms with Crippen molar-refractivity contribution in [3.05, 3.63) is 59.7 Å². The van der Waals surface area contributed by atoms with Crippen LogP contribution in [0.15, 0.2) is 48.5 Å². The first-order valence-corrected chi connectivity index (χ1v) is 8.96. The number of amides is 2. The van der Waals surface area contributed by atoms with E-state index in [1.165, 1.54) is 4.90 Å². The number of benzene rings is 2. The van der Waals surface area contributed by atoms with Gasteiger partial charge in [0.1, 0.15) is 0 Å². The predicted octanol–water partition coefficient (Wildman–Crippen LogP) is 3.17. The van der Waals surface area contributed by atoms with E-state index in [4.69, 9.17) is 4.74 Å². The number of aryl methyl sites for hydroxylation is 1. The third-order valence-electron chi connectivity index (χ3n) is 4.55. The molecule has 1 heterocycles. The van der Waals surface area contributed by atoms with Gasteiger partial charge in [0.2, 0.25) is 5.91 Å². The van der Waals surface area contributed by atoms with E-state index >= 15 is 0 Å². The molecule has 1 aliphatic heterocycles. The summed E-state index contributed by atoms with van der Waals surface area (Å²) in [6.07, 6.45) is 1.06. The minimum Gasteiger partial charge on any atom is -0.452 e. The second-order valence-electron chi connectivity index (χ2n) is 6.51. The van der Waals surface area contributed by atoms with Gasteiger partial charge in [-0.3, -0.25) is 9.59 Å². The average molecular weight is 366 g/mol. The summed E-state index contributed by atoms with van der Waals surface area (Å²) in [7, 11) is 0. The fourth-order valence-corrected chi connectivity index (χ4v) is 3.12. The molecule has 140 valence electrons. The van der Waals surface area contributed by atoms with Crippen LogP contribution in [0.4, 0.5) is 11.4 Å². The zero-order valence-electron chi connectivity index (χ0n) is 15.4. The first-order valence-electron chi connectivity index (χ1n) is 8.96. The van der Waals surface area contributed by atoms with Crippen LogP contribution in [0.5, 0.6) is 0 Å². The number of hydrogen-bond acceptors (Lipinski definition) is 4. The first-order chi connectivity index (χ1) is 13.0. The van der Waals surface area contributed by atoms with Gasteiger partial charge in [-0.25, -0.2) is 4.79 Å². The SMILES string of the molecule is CCc1ccc(C(=O)OCC(=O)N2c3ccccc3NC(=O)C[C@H]2C)cc1. The van der Waals surface area contributed by atoms with Crippen molar-refractivity contribution in [2.24, 2.45) is 0 Å². The van der Waals surface area contributed by atoms with Crippen LogP contribution in [0.2, 0.25) is 0 Å². The first kappa shape index (κ1) is 18.6. The molecular formula is C21H22N2O4. The molecule has 3 rings (SSSR count). The van der Waals surface area contributed by atoms with Crippen molar-refractivity contribution in [1.29, 1.82) is 0 Å². The molecule has 1 N–H and O–H groups in total. The molecule has 0 saturated carbocycles. The number of para-hydroxylation sites is 2. The summed E-state index contributed by atoms with van der Waals surface area (Å²) in [5.41, 5.74) is 2.70. The number of anilines is 2. The Morgan fingerprint density at radius 3 is 2.56 bits per heavy atom. The molecule has 0 radical (unpaired) electrons. The Kier molecular flexibility index (Phi) is 5.54. The summed E-state index contributed by atoms with van der Waals surface area (Å²) in [5, 5.41) is 2.80. The standard InChI is InChI=1S/C21H22N2O4/c1-3-15-8-10-16(11-9-15)21(26)27-13-20(25)23-14(2)12-19(24)22-17-6-4-5-7-18(17)23/h4-11,14H,3,12-13H2,1-2H3,(H,22,24)/t14-/m1/s1. The Bertz CT molecular complexity index is 861. The lowest BCUT2D eigenvalue weighted by atomic mass is 10.1. The van der Waals surface area contributed by atoms with Crippen LogP contribution in [-0.4, -0.2) is 30.4 Å². The van der Waals surface area contributed by atoms with E-state index < -0.39 is 5.97 Å². The summed E-state index contributed by atoms with van der Waals surface area (Å²) >= 11 is 0. The largest absolute Gasteiger partial charge is 0.452 e. The van der Waals surface area contributed by atoms with E-state index in [9.17, 15) is 14.4 Å². The summed E-state index contributed by atoms with van der Waals surface area (Å²) in [4.78, 5) is 38.5. The molecule has 6 heteroatoms. The lowest BCUT2D eigenvalue weighted by Crippen LogP contribution is -2.41. The van der Waals surface area contributed by atoms with Crippen molar-refractivity contribution < 1.29 is 19.1 Å². The number of carbonyl (C=O) groups is 3. The third kappa shape index (κ3) is 4.16. The Morgan fingerprint density at radius 1 is 1.15 bits per heavy atom. The minimum absolute atomic E-state index is 0.154. The Hall–Kier alpha value is -3.15. The molecule has 0 spiro atoms. The molecule has 0 saturated heterocycles. The van der Waals surface area contributed by atoms with E-state index in [1.807, 2.05) is 19.1 Å². The average Bonchev–Trinajstić information content (AvgIpc) is 2.80. The Morgan fingerprint density at radius 2 is 1.85 bits per heavy atom.